The Hall–Kier alpha value is -3.36. The molecule has 0 aliphatic carbocycles. The maximum Gasteiger partial charge on any atom is 0.410 e. The Morgan fingerprint density at radius 1 is 1.14 bits per heavy atom. The molecule has 196 valence electrons. The Morgan fingerprint density at radius 3 is 2.47 bits per heavy atom. The second-order valence-electron chi connectivity index (χ2n) is 9.94. The van der Waals surface area contributed by atoms with Gasteiger partial charge in [0.25, 0.3) is 5.91 Å². The highest BCUT2D eigenvalue weighted by Gasteiger charge is 2.32. The van der Waals surface area contributed by atoms with Gasteiger partial charge in [0.05, 0.1) is 24.0 Å². The predicted octanol–water partition coefficient (Wildman–Crippen LogP) is 5.84. The van der Waals surface area contributed by atoms with Gasteiger partial charge in [0, 0.05) is 37.8 Å². The minimum atomic E-state index is -0.747. The minimum absolute atomic E-state index is 0.0826. The normalized spacial score (nSPS) is 15.5. The molecule has 1 unspecified atom stereocenters. The Labute approximate surface area is 211 Å². The summed E-state index contributed by atoms with van der Waals surface area (Å²) >= 11 is 0. The van der Waals surface area contributed by atoms with E-state index >= 15 is 0 Å². The average Bonchev–Trinajstić information content (AvgIpc) is 3.30. The number of halogens is 2. The van der Waals surface area contributed by atoms with Gasteiger partial charge in [-0.2, -0.15) is 0 Å². The first-order chi connectivity index (χ1) is 17.0. The molecule has 0 bridgehead atoms. The van der Waals surface area contributed by atoms with Gasteiger partial charge in [0.2, 0.25) is 0 Å². The van der Waals surface area contributed by atoms with E-state index in [0.717, 1.165) is 25.0 Å². The summed E-state index contributed by atoms with van der Waals surface area (Å²) in [5.41, 5.74) is -0.483. The number of anilines is 2. The van der Waals surface area contributed by atoms with Crippen LogP contribution in [0.3, 0.4) is 0 Å². The highest BCUT2D eigenvalue weighted by Crippen LogP contribution is 2.30. The molecule has 1 saturated heterocycles. The molecule has 2 aromatic carbocycles. The molecule has 0 aromatic heterocycles. The quantitative estimate of drug-likeness (QED) is 0.458. The van der Waals surface area contributed by atoms with E-state index in [0.29, 0.717) is 37.4 Å². The fraction of sp³-hybridized carbons (Fsp3) is 0.481. The Balaban J connectivity index is 1.63. The number of nitrogens with zero attached hydrogens (tertiary/aromatic N) is 2. The van der Waals surface area contributed by atoms with Crippen molar-refractivity contribution in [2.75, 3.05) is 37.0 Å². The third kappa shape index (κ3) is 7.08. The van der Waals surface area contributed by atoms with Gasteiger partial charge in [-0.1, -0.05) is 13.3 Å². The van der Waals surface area contributed by atoms with Crippen LogP contribution in [0.4, 0.5) is 25.0 Å². The van der Waals surface area contributed by atoms with Crippen molar-refractivity contribution in [2.24, 2.45) is 0 Å². The second kappa shape index (κ2) is 11.6. The summed E-state index contributed by atoms with van der Waals surface area (Å²) in [6.07, 6.45) is 2.08. The van der Waals surface area contributed by atoms with Crippen molar-refractivity contribution in [3.05, 3.63) is 53.6 Å². The number of ether oxygens (including phenoxy) is 2. The molecule has 1 aliphatic rings. The SMILES string of the molecule is CCCCOc1ccc(C(=O)Nc2cc(F)c(N3CCC(N(C)C(=O)OC(C)(C)C)C3)cc2F)cc1. The number of amides is 2. The van der Waals surface area contributed by atoms with Gasteiger partial charge < -0.3 is 24.6 Å². The van der Waals surface area contributed by atoms with E-state index in [9.17, 15) is 18.4 Å². The van der Waals surface area contributed by atoms with Gasteiger partial charge in [-0.25, -0.2) is 13.6 Å². The molecule has 3 rings (SSSR count). The molecular weight excluding hydrogens is 468 g/mol. The number of carbonyl (C=O) groups excluding carboxylic acids is 2. The predicted molar refractivity (Wildman–Crippen MR) is 136 cm³/mol. The van der Waals surface area contributed by atoms with E-state index < -0.39 is 29.2 Å². The molecule has 0 spiro atoms. The van der Waals surface area contributed by atoms with E-state index in [2.05, 4.69) is 12.2 Å². The van der Waals surface area contributed by atoms with Gasteiger partial charge in [-0.05, 0) is 57.9 Å². The molecule has 2 amide bonds. The first-order valence-corrected chi connectivity index (χ1v) is 12.2. The monoisotopic (exact) mass is 503 g/mol. The van der Waals surface area contributed by atoms with Gasteiger partial charge in [-0.15, -0.1) is 0 Å². The van der Waals surface area contributed by atoms with Crippen LogP contribution in [0.2, 0.25) is 0 Å². The van der Waals surface area contributed by atoms with Crippen molar-refractivity contribution in [1.29, 1.82) is 0 Å². The summed E-state index contributed by atoms with van der Waals surface area (Å²) in [5.74, 6) is -1.32. The Morgan fingerprint density at radius 2 is 1.83 bits per heavy atom. The number of nitrogens with one attached hydrogen (secondary N) is 1. The lowest BCUT2D eigenvalue weighted by Gasteiger charge is -2.29. The maximum atomic E-state index is 15.0. The van der Waals surface area contributed by atoms with Crippen LogP contribution in [0.5, 0.6) is 5.75 Å². The number of benzene rings is 2. The zero-order valence-electron chi connectivity index (χ0n) is 21.6. The number of likely N-dealkylation sites (N-methyl/N-ethyl adjacent to an activating group) is 1. The average molecular weight is 504 g/mol. The summed E-state index contributed by atoms with van der Waals surface area (Å²) in [5, 5.41) is 2.44. The van der Waals surface area contributed by atoms with Gasteiger partial charge in [-0.3, -0.25) is 4.79 Å². The van der Waals surface area contributed by atoms with Gasteiger partial charge in [0.15, 0.2) is 0 Å². The highest BCUT2D eigenvalue weighted by molar-refractivity contribution is 6.04. The van der Waals surface area contributed by atoms with Crippen molar-refractivity contribution in [2.45, 2.75) is 58.6 Å². The van der Waals surface area contributed by atoms with Crippen molar-refractivity contribution >= 4 is 23.4 Å². The zero-order valence-corrected chi connectivity index (χ0v) is 21.6. The largest absolute Gasteiger partial charge is 0.494 e. The first kappa shape index (κ1) is 27.2. The number of hydrogen-bond acceptors (Lipinski definition) is 5. The van der Waals surface area contributed by atoms with E-state index in [1.54, 1.807) is 57.0 Å². The van der Waals surface area contributed by atoms with Crippen LogP contribution in [0.25, 0.3) is 0 Å². The lowest BCUT2D eigenvalue weighted by atomic mass is 10.2. The highest BCUT2D eigenvalue weighted by atomic mass is 19.1. The molecule has 1 heterocycles. The molecule has 1 atom stereocenters. The van der Waals surface area contributed by atoms with E-state index in [1.807, 2.05) is 0 Å². The van der Waals surface area contributed by atoms with Crippen LogP contribution in [0, 0.1) is 11.6 Å². The number of hydrogen-bond donors (Lipinski definition) is 1. The van der Waals surface area contributed by atoms with Gasteiger partial charge >= 0.3 is 6.09 Å². The molecule has 9 heteroatoms. The van der Waals surface area contributed by atoms with E-state index in [1.165, 1.54) is 4.90 Å². The van der Waals surface area contributed by atoms with Crippen LogP contribution in [0.1, 0.15) is 57.3 Å². The molecule has 0 radical (unpaired) electrons. The molecule has 7 nitrogen and oxygen atoms in total. The molecule has 1 N–H and O–H groups in total. The molecule has 1 fully saturated rings. The van der Waals surface area contributed by atoms with Crippen LogP contribution >= 0.6 is 0 Å². The summed E-state index contributed by atoms with van der Waals surface area (Å²) < 4.78 is 40.8. The lowest BCUT2D eigenvalue weighted by Crippen LogP contribution is -2.42. The molecule has 36 heavy (non-hydrogen) atoms. The Bertz CT molecular complexity index is 1070. The fourth-order valence-electron chi connectivity index (χ4n) is 3.87. The van der Waals surface area contributed by atoms with E-state index in [-0.39, 0.29) is 17.4 Å². The standard InChI is InChI=1S/C27H35F2N3O4/c1-6-7-14-35-20-10-8-18(9-11-20)25(33)30-23-15-22(29)24(16-21(23)28)32-13-12-19(17-32)31(5)26(34)36-27(2,3)4/h8-11,15-16,19H,6-7,12-14,17H2,1-5H3,(H,30,33). The summed E-state index contributed by atoms with van der Waals surface area (Å²) in [7, 11) is 1.64. The second-order valence-corrected chi connectivity index (χ2v) is 9.94. The molecule has 2 aromatic rings. The van der Waals surface area contributed by atoms with Crippen molar-refractivity contribution in [1.82, 2.24) is 4.90 Å². The minimum Gasteiger partial charge on any atom is -0.494 e. The molecule has 0 saturated carbocycles. The van der Waals surface area contributed by atoms with Crippen molar-refractivity contribution in [3.63, 3.8) is 0 Å². The number of carbonyl (C=O) groups is 2. The first-order valence-electron chi connectivity index (χ1n) is 12.2. The molecular formula is C27H35F2N3O4. The topological polar surface area (TPSA) is 71.1 Å². The Kier molecular flexibility index (Phi) is 8.76. The van der Waals surface area contributed by atoms with Crippen LogP contribution < -0.4 is 15.0 Å². The molecule has 1 aliphatic heterocycles. The van der Waals surface area contributed by atoms with Crippen LogP contribution in [-0.2, 0) is 4.74 Å². The maximum absolute atomic E-state index is 15.0. The third-order valence-electron chi connectivity index (χ3n) is 5.90. The fourth-order valence-corrected chi connectivity index (χ4v) is 3.87. The van der Waals surface area contributed by atoms with Crippen molar-refractivity contribution in [3.8, 4) is 5.75 Å². The number of unbranched alkanes of at least 4 members (excludes halogenated alkanes) is 1. The lowest BCUT2D eigenvalue weighted by molar-refractivity contribution is 0.0237. The van der Waals surface area contributed by atoms with E-state index in [4.69, 9.17) is 9.47 Å². The number of rotatable bonds is 8. The zero-order chi connectivity index (χ0) is 26.5. The van der Waals surface area contributed by atoms with Crippen molar-refractivity contribution < 1.29 is 27.8 Å². The smallest absolute Gasteiger partial charge is 0.410 e. The van der Waals surface area contributed by atoms with Crippen LogP contribution in [0.15, 0.2) is 36.4 Å². The van der Waals surface area contributed by atoms with Gasteiger partial charge in [0.1, 0.15) is 23.0 Å². The summed E-state index contributed by atoms with van der Waals surface area (Å²) in [6, 6.07) is 8.35. The summed E-state index contributed by atoms with van der Waals surface area (Å²) in [4.78, 5) is 28.1. The third-order valence-corrected chi connectivity index (χ3v) is 5.90. The summed E-state index contributed by atoms with van der Waals surface area (Å²) in [6.45, 7) is 8.81. The van der Waals surface area contributed by atoms with Crippen LogP contribution in [-0.4, -0.2) is 55.3 Å².